The van der Waals surface area contributed by atoms with Crippen LogP contribution in [-0.2, 0) is 28.6 Å². The van der Waals surface area contributed by atoms with E-state index in [0.717, 1.165) is 51.4 Å². The summed E-state index contributed by atoms with van der Waals surface area (Å²) in [4.78, 5) is 37.8. The van der Waals surface area contributed by atoms with Gasteiger partial charge in [-0.2, -0.15) is 0 Å². The second-order valence-electron chi connectivity index (χ2n) is 16.0. The van der Waals surface area contributed by atoms with Crippen LogP contribution in [0.2, 0.25) is 0 Å². The van der Waals surface area contributed by atoms with Crippen LogP contribution in [0.25, 0.3) is 0 Å². The zero-order valence-electron chi connectivity index (χ0n) is 39.4. The van der Waals surface area contributed by atoms with Gasteiger partial charge in [0, 0.05) is 19.3 Å². The number of hydrogen-bond acceptors (Lipinski definition) is 6. The molecule has 0 bridgehead atoms. The fraction of sp³-hybridized carbons (Fsp3) is 0.655. The number of hydrogen-bond donors (Lipinski definition) is 0. The van der Waals surface area contributed by atoms with Gasteiger partial charge in [-0.25, -0.2) is 0 Å². The Kier molecular flexibility index (Phi) is 46.0. The maximum absolute atomic E-state index is 12.7. The molecule has 1 unspecified atom stereocenters. The lowest BCUT2D eigenvalue weighted by molar-refractivity contribution is -0.166. The zero-order chi connectivity index (χ0) is 44.4. The molecule has 0 aromatic heterocycles. The van der Waals surface area contributed by atoms with Crippen LogP contribution in [-0.4, -0.2) is 37.2 Å². The molecule has 0 radical (unpaired) electrons. The predicted molar refractivity (Wildman–Crippen MR) is 260 cm³/mol. The molecule has 0 spiro atoms. The summed E-state index contributed by atoms with van der Waals surface area (Å²) < 4.78 is 16.6. The molecule has 346 valence electrons. The Bertz CT molecular complexity index is 1250. The van der Waals surface area contributed by atoms with Gasteiger partial charge in [-0.3, -0.25) is 14.4 Å². The summed E-state index contributed by atoms with van der Waals surface area (Å²) in [6, 6.07) is 0. The lowest BCUT2D eigenvalue weighted by Crippen LogP contribution is -2.30. The molecule has 0 aromatic rings. The number of rotatable bonds is 43. The maximum atomic E-state index is 12.7. The highest BCUT2D eigenvalue weighted by atomic mass is 16.6. The van der Waals surface area contributed by atoms with Crippen molar-refractivity contribution in [1.29, 1.82) is 0 Å². The van der Waals surface area contributed by atoms with Crippen LogP contribution in [0.1, 0.15) is 213 Å². The molecule has 0 aliphatic carbocycles. The van der Waals surface area contributed by atoms with E-state index in [-0.39, 0.29) is 44.4 Å². The quantitative estimate of drug-likeness (QED) is 0.0263. The number of ether oxygens (including phenoxy) is 3. The fourth-order valence-corrected chi connectivity index (χ4v) is 6.30. The van der Waals surface area contributed by atoms with Gasteiger partial charge in [-0.15, -0.1) is 0 Å². The minimum absolute atomic E-state index is 0.146. The van der Waals surface area contributed by atoms with E-state index in [2.05, 4.69) is 106 Å². The van der Waals surface area contributed by atoms with E-state index in [1.807, 2.05) is 12.2 Å². The predicted octanol–water partition coefficient (Wildman–Crippen LogP) is 16.2. The van der Waals surface area contributed by atoms with Crippen molar-refractivity contribution >= 4 is 17.9 Å². The van der Waals surface area contributed by atoms with Crippen molar-refractivity contribution in [2.75, 3.05) is 13.2 Å². The summed E-state index contributed by atoms with van der Waals surface area (Å²) in [5.41, 5.74) is 0. The van der Waals surface area contributed by atoms with Crippen LogP contribution in [0.3, 0.4) is 0 Å². The average molecular weight is 847 g/mol. The summed E-state index contributed by atoms with van der Waals surface area (Å²) in [6.07, 6.45) is 64.2. The molecule has 0 saturated carbocycles. The van der Waals surface area contributed by atoms with E-state index in [9.17, 15) is 14.4 Å². The van der Waals surface area contributed by atoms with Crippen LogP contribution in [0.4, 0.5) is 0 Å². The molecule has 0 aliphatic rings. The largest absolute Gasteiger partial charge is 0.462 e. The Morgan fingerprint density at radius 3 is 1.05 bits per heavy atom. The molecule has 1 atom stereocenters. The smallest absolute Gasteiger partial charge is 0.306 e. The number of esters is 3. The number of carbonyl (C=O) groups excluding carboxylic acids is 3. The molecule has 0 N–H and O–H groups in total. The topological polar surface area (TPSA) is 78.9 Å². The summed E-state index contributed by atoms with van der Waals surface area (Å²) in [7, 11) is 0. The van der Waals surface area contributed by atoms with Crippen LogP contribution >= 0.6 is 0 Å². The van der Waals surface area contributed by atoms with Crippen molar-refractivity contribution in [3.63, 3.8) is 0 Å². The van der Waals surface area contributed by atoms with Gasteiger partial charge >= 0.3 is 17.9 Å². The Morgan fingerprint density at radius 1 is 0.328 bits per heavy atom. The third kappa shape index (κ3) is 47.2. The van der Waals surface area contributed by atoms with Gasteiger partial charge < -0.3 is 14.2 Å². The number of allylic oxidation sites excluding steroid dienone is 16. The van der Waals surface area contributed by atoms with Crippen molar-refractivity contribution in [3.05, 3.63) is 97.2 Å². The fourth-order valence-electron chi connectivity index (χ4n) is 6.30. The van der Waals surface area contributed by atoms with Gasteiger partial charge in [0.25, 0.3) is 0 Å². The molecule has 0 aromatic carbocycles. The van der Waals surface area contributed by atoms with Gasteiger partial charge in [-0.1, -0.05) is 195 Å². The first-order valence-corrected chi connectivity index (χ1v) is 24.7. The summed E-state index contributed by atoms with van der Waals surface area (Å²) in [5, 5.41) is 0. The normalized spacial score (nSPS) is 12.9. The maximum Gasteiger partial charge on any atom is 0.306 e. The molecular weight excluding hydrogens is 757 g/mol. The standard InChI is InChI=1S/C55H90O6/c1-4-7-10-13-16-19-22-25-26-27-28-31-33-36-39-42-45-48-54(57)60-51-52(61-55(58)49-46-43-40-37-34-30-24-21-18-15-12-9-6-3)50-59-53(56)47-44-41-38-35-32-29-23-20-17-14-11-8-5-2/h16,19,25-26,28-32,34,36,38-41,43,52H,4-15,17-18,20-24,27,33,35,37,42,44-51H2,1-3H3/b19-16+,26-25+,31-28+,32-29+,34-30+,39-36+,41-38+,43-40+. The van der Waals surface area contributed by atoms with Crippen molar-refractivity contribution in [2.24, 2.45) is 0 Å². The third-order valence-electron chi connectivity index (χ3n) is 10.1. The first-order chi connectivity index (χ1) is 30.0. The highest BCUT2D eigenvalue weighted by molar-refractivity contribution is 5.71. The van der Waals surface area contributed by atoms with E-state index in [4.69, 9.17) is 14.2 Å². The highest BCUT2D eigenvalue weighted by Crippen LogP contribution is 2.10. The van der Waals surface area contributed by atoms with Crippen LogP contribution < -0.4 is 0 Å². The minimum Gasteiger partial charge on any atom is -0.462 e. The molecule has 0 rings (SSSR count). The first kappa shape index (κ1) is 57.3. The van der Waals surface area contributed by atoms with Crippen LogP contribution in [0, 0.1) is 0 Å². The first-order valence-electron chi connectivity index (χ1n) is 24.7. The third-order valence-corrected chi connectivity index (χ3v) is 10.1. The number of carbonyl (C=O) groups is 3. The molecular formula is C55H90O6. The zero-order valence-corrected chi connectivity index (χ0v) is 39.4. The summed E-state index contributed by atoms with van der Waals surface area (Å²) >= 11 is 0. The van der Waals surface area contributed by atoms with Crippen LogP contribution in [0.15, 0.2) is 97.2 Å². The second-order valence-corrected chi connectivity index (χ2v) is 16.0. The lowest BCUT2D eigenvalue weighted by atomic mass is 10.1. The molecule has 0 saturated heterocycles. The van der Waals surface area contributed by atoms with E-state index < -0.39 is 12.1 Å². The highest BCUT2D eigenvalue weighted by Gasteiger charge is 2.19. The minimum atomic E-state index is -0.852. The van der Waals surface area contributed by atoms with E-state index >= 15 is 0 Å². The molecule has 0 heterocycles. The average Bonchev–Trinajstić information content (AvgIpc) is 3.26. The lowest BCUT2D eigenvalue weighted by Gasteiger charge is -2.18. The van der Waals surface area contributed by atoms with Crippen LogP contribution in [0.5, 0.6) is 0 Å². The second kappa shape index (κ2) is 49.0. The SMILES string of the molecule is CCCCC/C=C/C/C=C/C/C=C/C/C=C/CCCC(=O)OCC(COC(=O)CC/C=C/C/C=C/CCCCCCCC)OC(=O)CC/C=C/C/C=C/CCCCCCCC. The summed E-state index contributed by atoms with van der Waals surface area (Å²) in [5.74, 6) is -1.14. The van der Waals surface area contributed by atoms with Crippen molar-refractivity contribution in [2.45, 2.75) is 219 Å². The molecule has 6 heteroatoms. The Morgan fingerprint density at radius 2 is 0.623 bits per heavy atom. The Hall–Kier alpha value is -3.67. The van der Waals surface area contributed by atoms with Gasteiger partial charge in [0.05, 0.1) is 0 Å². The van der Waals surface area contributed by atoms with E-state index in [1.54, 1.807) is 0 Å². The summed E-state index contributed by atoms with van der Waals surface area (Å²) in [6.45, 7) is 6.42. The van der Waals surface area contributed by atoms with E-state index in [1.165, 1.54) is 103 Å². The van der Waals surface area contributed by atoms with Gasteiger partial charge in [0.2, 0.25) is 0 Å². The molecule has 6 nitrogen and oxygen atoms in total. The van der Waals surface area contributed by atoms with Gasteiger partial charge in [-0.05, 0) is 96.3 Å². The molecule has 61 heavy (non-hydrogen) atoms. The van der Waals surface area contributed by atoms with Crippen molar-refractivity contribution in [1.82, 2.24) is 0 Å². The van der Waals surface area contributed by atoms with E-state index in [0.29, 0.717) is 19.3 Å². The molecule has 0 fully saturated rings. The van der Waals surface area contributed by atoms with Gasteiger partial charge in [0.15, 0.2) is 6.10 Å². The van der Waals surface area contributed by atoms with Crippen molar-refractivity contribution < 1.29 is 28.6 Å². The monoisotopic (exact) mass is 847 g/mol. The molecule has 0 aliphatic heterocycles. The van der Waals surface area contributed by atoms with Crippen molar-refractivity contribution in [3.8, 4) is 0 Å². The number of unbranched alkanes of at least 4 members (excludes halogenated alkanes) is 16. The Balaban J connectivity index is 4.61. The molecule has 0 amide bonds. The Labute approximate surface area is 375 Å². The van der Waals surface area contributed by atoms with Gasteiger partial charge in [0.1, 0.15) is 13.2 Å².